The molecule has 1 aromatic rings. The Bertz CT molecular complexity index is 526. The summed E-state index contributed by atoms with van der Waals surface area (Å²) in [5.74, 6) is -0.0324. The predicted molar refractivity (Wildman–Crippen MR) is 45.6 cm³/mol. The highest BCUT2D eigenvalue weighted by Crippen LogP contribution is 2.21. The van der Waals surface area contributed by atoms with Crippen molar-refractivity contribution in [2.24, 2.45) is 0 Å². The highest BCUT2D eigenvalue weighted by molar-refractivity contribution is 7.90. The third-order valence-corrected chi connectivity index (χ3v) is 2.40. The Hall–Kier alpha value is -1.56. The van der Waals surface area contributed by atoms with Crippen molar-refractivity contribution in [2.75, 3.05) is 0 Å². The summed E-state index contributed by atoms with van der Waals surface area (Å²) in [6.07, 6.45) is 1.37. The topological polar surface area (TPSA) is 76.2 Å². The van der Waals surface area contributed by atoms with Gasteiger partial charge in [0.15, 0.2) is 0 Å². The summed E-state index contributed by atoms with van der Waals surface area (Å²) in [6.45, 7) is 0. The summed E-state index contributed by atoms with van der Waals surface area (Å²) >= 11 is 0. The van der Waals surface area contributed by atoms with Crippen LogP contribution in [-0.2, 0) is 10.1 Å². The van der Waals surface area contributed by atoms with Gasteiger partial charge in [0.2, 0.25) is 5.88 Å². The molecule has 0 aliphatic carbocycles. The minimum absolute atomic E-state index is 0.0324. The fourth-order valence-electron chi connectivity index (χ4n) is 0.968. The molecule has 0 atom stereocenters. The van der Waals surface area contributed by atoms with Gasteiger partial charge in [0.25, 0.3) is 5.56 Å². The monoisotopic (exact) mass is 199 g/mol. The second-order valence-electron chi connectivity index (χ2n) is 2.49. The van der Waals surface area contributed by atoms with Gasteiger partial charge in [-0.05, 0) is 12.1 Å². The Morgan fingerprint density at radius 1 is 1.31 bits per heavy atom. The summed E-state index contributed by atoms with van der Waals surface area (Å²) in [6, 6.07) is 2.78. The van der Waals surface area contributed by atoms with E-state index >= 15 is 0 Å². The summed E-state index contributed by atoms with van der Waals surface area (Å²) in [4.78, 5) is 13.1. The van der Waals surface area contributed by atoms with Crippen LogP contribution in [0.1, 0.15) is 5.56 Å². The van der Waals surface area contributed by atoms with Crippen LogP contribution in [0.25, 0.3) is 6.08 Å². The zero-order valence-electron chi connectivity index (χ0n) is 6.35. The number of H-pyrrole nitrogens is 1. The normalized spacial score (nSPS) is 17.5. The molecular formula is C7H5NO4S. The van der Waals surface area contributed by atoms with E-state index in [1.54, 1.807) is 0 Å². The number of fused-ring (bicyclic) bond motifs is 1. The van der Waals surface area contributed by atoms with Crippen molar-refractivity contribution in [2.45, 2.75) is 0 Å². The van der Waals surface area contributed by atoms with Gasteiger partial charge in [0.1, 0.15) is 0 Å². The zero-order chi connectivity index (χ0) is 9.47. The van der Waals surface area contributed by atoms with Crippen LogP contribution in [0.3, 0.4) is 0 Å². The van der Waals surface area contributed by atoms with E-state index < -0.39 is 15.7 Å². The molecule has 5 nitrogen and oxygen atoms in total. The Balaban J connectivity index is 2.67. The lowest BCUT2D eigenvalue weighted by Gasteiger charge is -2.09. The summed E-state index contributed by atoms with van der Waals surface area (Å²) in [7, 11) is -3.66. The third kappa shape index (κ3) is 1.48. The predicted octanol–water partition coefficient (Wildman–Crippen LogP) is 0.0678. The van der Waals surface area contributed by atoms with Gasteiger partial charge in [-0.15, -0.1) is 0 Å². The molecule has 1 aliphatic heterocycles. The van der Waals surface area contributed by atoms with Crippen molar-refractivity contribution >= 4 is 16.2 Å². The highest BCUT2D eigenvalue weighted by Gasteiger charge is 2.16. The zero-order valence-corrected chi connectivity index (χ0v) is 7.17. The first-order chi connectivity index (χ1) is 6.07. The Morgan fingerprint density at radius 3 is 2.85 bits per heavy atom. The van der Waals surface area contributed by atoms with E-state index in [9.17, 15) is 13.2 Å². The number of hydrogen-bond donors (Lipinski definition) is 1. The largest absolute Gasteiger partial charge is 0.360 e. The van der Waals surface area contributed by atoms with Crippen LogP contribution in [0, 0.1) is 0 Å². The van der Waals surface area contributed by atoms with Gasteiger partial charge >= 0.3 is 10.1 Å². The van der Waals surface area contributed by atoms with E-state index in [1.165, 1.54) is 18.2 Å². The van der Waals surface area contributed by atoms with Gasteiger partial charge in [-0.25, -0.2) is 0 Å². The lowest BCUT2D eigenvalue weighted by Crippen LogP contribution is -2.15. The molecule has 0 unspecified atom stereocenters. The van der Waals surface area contributed by atoms with E-state index in [1.807, 2.05) is 0 Å². The Morgan fingerprint density at radius 2 is 2.08 bits per heavy atom. The number of aromatic amines is 1. The number of hydrogen-bond acceptors (Lipinski definition) is 4. The average Bonchev–Trinajstić information content (AvgIpc) is 2.01. The SMILES string of the molecule is O=c1ccc2c([nH]1)OS(=O)(=O)C=C2. The molecule has 13 heavy (non-hydrogen) atoms. The minimum atomic E-state index is -3.66. The quantitative estimate of drug-likeness (QED) is 0.600. The number of nitrogens with one attached hydrogen (secondary N) is 1. The first-order valence-electron chi connectivity index (χ1n) is 3.43. The first kappa shape index (κ1) is 8.06. The van der Waals surface area contributed by atoms with Crippen LogP contribution in [0.5, 0.6) is 5.88 Å². The van der Waals surface area contributed by atoms with Crippen LogP contribution < -0.4 is 9.74 Å². The standard InChI is InChI=1S/C7H5NO4S/c9-6-2-1-5-3-4-13(10,11)12-7(5)8-6/h1-4H,(H,8,9). The highest BCUT2D eigenvalue weighted by atomic mass is 32.2. The van der Waals surface area contributed by atoms with E-state index in [0.717, 1.165) is 5.41 Å². The number of pyridine rings is 1. The molecule has 1 aliphatic rings. The Kier molecular flexibility index (Phi) is 1.53. The molecule has 0 saturated carbocycles. The number of aromatic nitrogens is 1. The van der Waals surface area contributed by atoms with E-state index in [0.29, 0.717) is 5.56 Å². The molecule has 2 rings (SSSR count). The lowest BCUT2D eigenvalue weighted by atomic mass is 10.3. The van der Waals surface area contributed by atoms with Gasteiger partial charge in [0, 0.05) is 11.6 Å². The summed E-state index contributed by atoms with van der Waals surface area (Å²) < 4.78 is 26.3. The maximum atomic E-state index is 10.9. The maximum Gasteiger partial charge on any atom is 0.333 e. The molecule has 0 radical (unpaired) electrons. The van der Waals surface area contributed by atoms with E-state index in [4.69, 9.17) is 0 Å². The fourth-order valence-corrected chi connectivity index (χ4v) is 1.71. The van der Waals surface area contributed by atoms with Crippen LogP contribution in [0.15, 0.2) is 22.3 Å². The fraction of sp³-hybridized carbons (Fsp3) is 0. The maximum absolute atomic E-state index is 10.9. The minimum Gasteiger partial charge on any atom is -0.360 e. The first-order valence-corrected chi connectivity index (χ1v) is 4.90. The molecule has 0 spiro atoms. The molecule has 1 aromatic heterocycles. The molecular weight excluding hydrogens is 194 g/mol. The van der Waals surface area contributed by atoms with Crippen molar-refractivity contribution < 1.29 is 12.6 Å². The number of rotatable bonds is 0. The van der Waals surface area contributed by atoms with E-state index in [-0.39, 0.29) is 5.88 Å². The van der Waals surface area contributed by atoms with Crippen molar-refractivity contribution in [3.8, 4) is 5.88 Å². The van der Waals surface area contributed by atoms with Crippen molar-refractivity contribution in [3.05, 3.63) is 33.5 Å². The van der Waals surface area contributed by atoms with Crippen LogP contribution >= 0.6 is 0 Å². The van der Waals surface area contributed by atoms with Crippen molar-refractivity contribution in [1.29, 1.82) is 0 Å². The van der Waals surface area contributed by atoms with Crippen LogP contribution in [0.4, 0.5) is 0 Å². The lowest BCUT2D eigenvalue weighted by molar-refractivity contribution is 0.483. The molecule has 68 valence electrons. The summed E-state index contributed by atoms with van der Waals surface area (Å²) in [5.41, 5.74) is 0.138. The molecule has 0 amide bonds. The third-order valence-electron chi connectivity index (χ3n) is 1.53. The van der Waals surface area contributed by atoms with Gasteiger partial charge in [-0.1, -0.05) is 0 Å². The summed E-state index contributed by atoms with van der Waals surface area (Å²) in [5, 5.41) is 0.938. The van der Waals surface area contributed by atoms with Crippen LogP contribution in [-0.4, -0.2) is 13.4 Å². The molecule has 0 saturated heterocycles. The second-order valence-corrected chi connectivity index (χ2v) is 3.91. The molecule has 0 fully saturated rings. The molecule has 6 heteroatoms. The Labute approximate surface area is 73.8 Å². The molecule has 0 bridgehead atoms. The van der Waals surface area contributed by atoms with Crippen molar-refractivity contribution in [3.63, 3.8) is 0 Å². The molecule has 1 N–H and O–H groups in total. The van der Waals surface area contributed by atoms with Gasteiger partial charge in [-0.2, -0.15) is 8.42 Å². The smallest absolute Gasteiger partial charge is 0.333 e. The second kappa shape index (κ2) is 2.46. The van der Waals surface area contributed by atoms with E-state index in [2.05, 4.69) is 9.17 Å². The van der Waals surface area contributed by atoms with Gasteiger partial charge in [-0.3, -0.25) is 9.78 Å². The van der Waals surface area contributed by atoms with Gasteiger partial charge in [0.05, 0.1) is 5.41 Å². The molecule has 0 aromatic carbocycles. The van der Waals surface area contributed by atoms with Crippen LogP contribution in [0.2, 0.25) is 0 Å². The average molecular weight is 199 g/mol. The molecule has 2 heterocycles. The van der Waals surface area contributed by atoms with Gasteiger partial charge < -0.3 is 4.18 Å². The van der Waals surface area contributed by atoms with Crippen molar-refractivity contribution in [1.82, 2.24) is 4.98 Å².